The van der Waals surface area contributed by atoms with Gasteiger partial charge in [-0.05, 0) is 56.6 Å². The van der Waals surface area contributed by atoms with Crippen LogP contribution in [0.2, 0.25) is 5.02 Å². The van der Waals surface area contributed by atoms with Gasteiger partial charge in [0, 0.05) is 41.7 Å². The van der Waals surface area contributed by atoms with Gasteiger partial charge in [-0.15, -0.1) is 0 Å². The van der Waals surface area contributed by atoms with Gasteiger partial charge in [0.2, 0.25) is 0 Å². The molecule has 1 saturated heterocycles. The number of hydrogen-bond donors (Lipinski definition) is 2. The Morgan fingerprint density at radius 2 is 1.97 bits per heavy atom. The molecule has 4 rings (SSSR count). The van der Waals surface area contributed by atoms with Crippen LogP contribution in [0, 0.1) is 6.92 Å². The van der Waals surface area contributed by atoms with Crippen LogP contribution >= 0.6 is 11.6 Å². The fraction of sp³-hybridized carbons (Fsp3) is 0.261. The number of halogens is 1. The first kappa shape index (κ1) is 20.3. The molecule has 154 valence electrons. The Hall–Kier alpha value is -2.96. The van der Waals surface area contributed by atoms with Crippen LogP contribution in [0.4, 0.5) is 0 Å². The lowest BCUT2D eigenvalue weighted by molar-refractivity contribution is 0.0929. The van der Waals surface area contributed by atoms with Crippen molar-refractivity contribution in [3.63, 3.8) is 0 Å². The molecule has 0 radical (unpaired) electrons. The predicted octanol–water partition coefficient (Wildman–Crippen LogP) is 4.38. The van der Waals surface area contributed by atoms with Crippen molar-refractivity contribution < 1.29 is 9.53 Å². The van der Waals surface area contributed by atoms with Crippen molar-refractivity contribution in [3.8, 4) is 22.8 Å². The van der Waals surface area contributed by atoms with Gasteiger partial charge in [-0.25, -0.2) is 0 Å². The number of aromatic nitrogens is 2. The maximum Gasteiger partial charge on any atom is 0.251 e. The Labute approximate surface area is 180 Å². The standard InChI is InChI=1S/C23H23ClN4O2/c1-15-10-16(2-3-21(15)23(29)28-18-4-7-25-8-5-18)22-12-19(6-9-27-22)30-20-11-17(24)13-26-14-20/h2-3,6,9-14,18,25H,4-5,7-8H2,1H3,(H,28,29). The van der Waals surface area contributed by atoms with Crippen LogP contribution in [0.25, 0.3) is 11.3 Å². The summed E-state index contributed by atoms with van der Waals surface area (Å²) in [4.78, 5) is 21.2. The van der Waals surface area contributed by atoms with Gasteiger partial charge in [0.15, 0.2) is 0 Å². The molecule has 1 aliphatic rings. The van der Waals surface area contributed by atoms with Gasteiger partial charge in [0.1, 0.15) is 11.5 Å². The van der Waals surface area contributed by atoms with Gasteiger partial charge in [-0.2, -0.15) is 0 Å². The summed E-state index contributed by atoms with van der Waals surface area (Å²) in [5.41, 5.74) is 3.28. The summed E-state index contributed by atoms with van der Waals surface area (Å²) < 4.78 is 5.84. The lowest BCUT2D eigenvalue weighted by Crippen LogP contribution is -2.42. The first-order valence-electron chi connectivity index (χ1n) is 9.95. The molecule has 0 spiro atoms. The van der Waals surface area contributed by atoms with Gasteiger partial charge in [0.25, 0.3) is 5.91 Å². The summed E-state index contributed by atoms with van der Waals surface area (Å²) in [6.07, 6.45) is 6.77. The van der Waals surface area contributed by atoms with E-state index in [4.69, 9.17) is 16.3 Å². The van der Waals surface area contributed by atoms with Gasteiger partial charge in [-0.3, -0.25) is 14.8 Å². The maximum atomic E-state index is 12.7. The smallest absolute Gasteiger partial charge is 0.251 e. The molecule has 0 bridgehead atoms. The van der Waals surface area contributed by atoms with Gasteiger partial charge in [-0.1, -0.05) is 17.7 Å². The monoisotopic (exact) mass is 422 g/mol. The van der Waals surface area contributed by atoms with Crippen molar-refractivity contribution in [2.45, 2.75) is 25.8 Å². The Morgan fingerprint density at radius 1 is 1.13 bits per heavy atom. The predicted molar refractivity (Wildman–Crippen MR) is 117 cm³/mol. The highest BCUT2D eigenvalue weighted by atomic mass is 35.5. The summed E-state index contributed by atoms with van der Waals surface area (Å²) in [7, 11) is 0. The Kier molecular flexibility index (Phi) is 6.26. The summed E-state index contributed by atoms with van der Waals surface area (Å²) in [5.74, 6) is 1.17. The van der Waals surface area contributed by atoms with Crippen molar-refractivity contribution in [3.05, 3.63) is 71.1 Å². The number of carbonyl (C=O) groups excluding carboxylic acids is 1. The second kappa shape index (κ2) is 9.24. The third-order valence-corrected chi connectivity index (χ3v) is 5.29. The number of benzene rings is 1. The minimum absolute atomic E-state index is 0.0237. The van der Waals surface area contributed by atoms with Crippen LogP contribution in [-0.2, 0) is 0 Å². The van der Waals surface area contributed by atoms with E-state index in [1.165, 1.54) is 0 Å². The molecule has 0 saturated carbocycles. The van der Waals surface area contributed by atoms with Gasteiger partial charge >= 0.3 is 0 Å². The molecule has 0 unspecified atom stereocenters. The zero-order chi connectivity index (χ0) is 20.9. The average molecular weight is 423 g/mol. The van der Waals surface area contributed by atoms with Gasteiger partial charge in [0.05, 0.1) is 16.9 Å². The van der Waals surface area contributed by atoms with E-state index in [0.717, 1.165) is 42.8 Å². The molecule has 1 amide bonds. The number of carbonyl (C=O) groups is 1. The highest BCUT2D eigenvalue weighted by Crippen LogP contribution is 2.27. The third-order valence-electron chi connectivity index (χ3n) is 5.09. The van der Waals surface area contributed by atoms with Crippen molar-refractivity contribution >= 4 is 17.5 Å². The highest BCUT2D eigenvalue weighted by molar-refractivity contribution is 6.30. The van der Waals surface area contributed by atoms with E-state index in [9.17, 15) is 4.79 Å². The molecule has 7 heteroatoms. The molecule has 1 aliphatic heterocycles. The molecule has 3 heterocycles. The highest BCUT2D eigenvalue weighted by Gasteiger charge is 2.18. The van der Waals surface area contributed by atoms with Crippen molar-refractivity contribution in [2.75, 3.05) is 13.1 Å². The van der Waals surface area contributed by atoms with Crippen molar-refractivity contribution in [1.82, 2.24) is 20.6 Å². The Bertz CT molecular complexity index is 1050. The topological polar surface area (TPSA) is 76.1 Å². The zero-order valence-electron chi connectivity index (χ0n) is 16.7. The van der Waals surface area contributed by atoms with Crippen LogP contribution in [0.1, 0.15) is 28.8 Å². The number of pyridine rings is 2. The minimum Gasteiger partial charge on any atom is -0.456 e. The number of rotatable bonds is 5. The molecule has 1 aromatic carbocycles. The number of amides is 1. The van der Waals surface area contributed by atoms with E-state index in [2.05, 4.69) is 20.6 Å². The molecule has 0 aliphatic carbocycles. The van der Waals surface area contributed by atoms with E-state index in [1.54, 1.807) is 30.7 Å². The molecule has 0 atom stereocenters. The molecule has 2 N–H and O–H groups in total. The lowest BCUT2D eigenvalue weighted by atomic mass is 10.0. The average Bonchev–Trinajstić information content (AvgIpc) is 2.74. The largest absolute Gasteiger partial charge is 0.456 e. The lowest BCUT2D eigenvalue weighted by Gasteiger charge is -2.24. The molecular formula is C23H23ClN4O2. The Balaban J connectivity index is 1.50. The molecule has 6 nitrogen and oxygen atoms in total. The normalized spacial score (nSPS) is 14.3. The number of ether oxygens (including phenoxy) is 1. The minimum atomic E-state index is -0.0237. The van der Waals surface area contributed by atoms with Crippen LogP contribution in [0.3, 0.4) is 0 Å². The number of nitrogens with zero attached hydrogens (tertiary/aromatic N) is 2. The van der Waals surface area contributed by atoms with Crippen molar-refractivity contribution in [1.29, 1.82) is 0 Å². The first-order valence-corrected chi connectivity index (χ1v) is 10.3. The number of piperidine rings is 1. The fourth-order valence-electron chi connectivity index (χ4n) is 3.52. The summed E-state index contributed by atoms with van der Waals surface area (Å²) >= 11 is 5.97. The number of hydrogen-bond acceptors (Lipinski definition) is 5. The van der Waals surface area contributed by atoms with E-state index >= 15 is 0 Å². The van der Waals surface area contributed by atoms with E-state index in [0.29, 0.717) is 22.1 Å². The summed E-state index contributed by atoms with van der Waals surface area (Å²) in [5, 5.41) is 6.96. The SMILES string of the molecule is Cc1cc(-c2cc(Oc3cncc(Cl)c3)ccn2)ccc1C(=O)NC1CCNCC1. The van der Waals surface area contributed by atoms with E-state index in [1.807, 2.05) is 31.2 Å². The number of aryl methyl sites for hydroxylation is 1. The molecule has 30 heavy (non-hydrogen) atoms. The third kappa shape index (κ3) is 4.96. The number of nitrogens with one attached hydrogen (secondary N) is 2. The van der Waals surface area contributed by atoms with E-state index < -0.39 is 0 Å². The van der Waals surface area contributed by atoms with Crippen LogP contribution in [0.5, 0.6) is 11.5 Å². The quantitative estimate of drug-likeness (QED) is 0.638. The summed E-state index contributed by atoms with van der Waals surface area (Å²) in [6, 6.07) is 11.3. The van der Waals surface area contributed by atoms with Crippen LogP contribution in [-0.4, -0.2) is 35.0 Å². The van der Waals surface area contributed by atoms with Gasteiger partial charge < -0.3 is 15.4 Å². The van der Waals surface area contributed by atoms with Crippen LogP contribution in [0.15, 0.2) is 55.0 Å². The van der Waals surface area contributed by atoms with E-state index in [-0.39, 0.29) is 11.9 Å². The molecular weight excluding hydrogens is 400 g/mol. The maximum absolute atomic E-state index is 12.7. The molecule has 2 aromatic heterocycles. The molecule has 3 aromatic rings. The zero-order valence-corrected chi connectivity index (χ0v) is 17.4. The Morgan fingerprint density at radius 3 is 2.73 bits per heavy atom. The van der Waals surface area contributed by atoms with Crippen molar-refractivity contribution in [2.24, 2.45) is 0 Å². The molecule has 1 fully saturated rings. The van der Waals surface area contributed by atoms with Crippen LogP contribution < -0.4 is 15.4 Å². The second-order valence-electron chi connectivity index (χ2n) is 7.35. The fourth-order valence-corrected chi connectivity index (χ4v) is 3.69. The first-order chi connectivity index (χ1) is 14.6. The second-order valence-corrected chi connectivity index (χ2v) is 7.78. The summed E-state index contributed by atoms with van der Waals surface area (Å²) in [6.45, 7) is 3.83.